The Morgan fingerprint density at radius 1 is 1.03 bits per heavy atom. The molecule has 0 aromatic heterocycles. The monoisotopic (exact) mass is 394 g/mol. The second-order valence-electron chi connectivity index (χ2n) is 7.00. The molecule has 0 fully saturated rings. The first-order valence-electron chi connectivity index (χ1n) is 9.20. The molecule has 150 valence electrons. The van der Waals surface area contributed by atoms with Crippen molar-refractivity contribution in [2.75, 3.05) is 13.2 Å². The molecular formula is C23H22O6. The first-order valence-corrected chi connectivity index (χ1v) is 9.20. The van der Waals surface area contributed by atoms with Gasteiger partial charge in [0.05, 0.1) is 5.56 Å². The van der Waals surface area contributed by atoms with E-state index in [9.17, 15) is 14.4 Å². The molecule has 0 bridgehead atoms. The van der Waals surface area contributed by atoms with Crippen LogP contribution in [0.2, 0.25) is 0 Å². The van der Waals surface area contributed by atoms with E-state index < -0.39 is 17.9 Å². The summed E-state index contributed by atoms with van der Waals surface area (Å²) in [5.74, 6) is -1.64. The zero-order valence-electron chi connectivity index (χ0n) is 16.6. The van der Waals surface area contributed by atoms with Crippen molar-refractivity contribution < 1.29 is 28.6 Å². The van der Waals surface area contributed by atoms with Crippen LogP contribution in [0, 0.1) is 13.8 Å². The summed E-state index contributed by atoms with van der Waals surface area (Å²) in [4.78, 5) is 36.1. The van der Waals surface area contributed by atoms with Gasteiger partial charge in [0, 0.05) is 11.1 Å². The van der Waals surface area contributed by atoms with Crippen LogP contribution in [-0.2, 0) is 19.1 Å². The number of carbonyl (C=O) groups is 3. The van der Waals surface area contributed by atoms with E-state index in [4.69, 9.17) is 14.2 Å². The third-order valence-electron chi connectivity index (χ3n) is 4.77. The quantitative estimate of drug-likeness (QED) is 0.322. The van der Waals surface area contributed by atoms with Crippen molar-refractivity contribution in [3.8, 4) is 5.75 Å². The summed E-state index contributed by atoms with van der Waals surface area (Å²) in [7, 11) is 0. The van der Waals surface area contributed by atoms with Crippen LogP contribution < -0.4 is 4.74 Å². The van der Waals surface area contributed by atoms with E-state index in [1.165, 1.54) is 13.0 Å². The Labute approximate surface area is 169 Å². The van der Waals surface area contributed by atoms with Crippen molar-refractivity contribution in [1.29, 1.82) is 0 Å². The van der Waals surface area contributed by atoms with E-state index in [1.807, 2.05) is 32.0 Å². The van der Waals surface area contributed by atoms with Crippen molar-refractivity contribution >= 4 is 17.9 Å². The lowest BCUT2D eigenvalue weighted by atomic mass is 9.90. The molecule has 2 aromatic carbocycles. The van der Waals surface area contributed by atoms with Crippen molar-refractivity contribution in [1.82, 2.24) is 0 Å². The lowest BCUT2D eigenvalue weighted by Gasteiger charge is -2.11. The van der Waals surface area contributed by atoms with Crippen LogP contribution in [0.3, 0.4) is 0 Å². The molecule has 1 aliphatic heterocycles. The molecule has 0 N–H and O–H groups in total. The molecule has 0 spiro atoms. The van der Waals surface area contributed by atoms with E-state index in [0.717, 1.165) is 16.7 Å². The Morgan fingerprint density at radius 2 is 1.76 bits per heavy atom. The van der Waals surface area contributed by atoms with E-state index in [0.29, 0.717) is 16.9 Å². The Kier molecular flexibility index (Phi) is 5.82. The van der Waals surface area contributed by atoms with Crippen LogP contribution in [0.15, 0.2) is 48.6 Å². The standard InChI is InChI=1S/C23H22O6/c1-13(2)21(24)27-9-10-28-22(25)17-7-8-19-18(12-17)20(23(26)29-19)16-6-5-14(3)15(4)11-16/h5-8,11-12,20H,1,9-10H2,2-4H3. The maximum Gasteiger partial charge on any atom is 0.338 e. The van der Waals surface area contributed by atoms with Gasteiger partial charge in [-0.05, 0) is 55.7 Å². The molecule has 6 heteroatoms. The molecule has 3 rings (SSSR count). The normalized spacial score (nSPS) is 14.7. The van der Waals surface area contributed by atoms with E-state index in [2.05, 4.69) is 6.58 Å². The maximum atomic E-state index is 12.4. The molecule has 1 heterocycles. The number of aryl methyl sites for hydroxylation is 2. The van der Waals surface area contributed by atoms with Gasteiger partial charge in [-0.1, -0.05) is 24.8 Å². The number of hydrogen-bond acceptors (Lipinski definition) is 6. The Hall–Kier alpha value is -3.41. The number of esters is 3. The van der Waals surface area contributed by atoms with Gasteiger partial charge in [-0.25, -0.2) is 9.59 Å². The van der Waals surface area contributed by atoms with Gasteiger partial charge in [0.2, 0.25) is 0 Å². The highest BCUT2D eigenvalue weighted by Gasteiger charge is 2.35. The lowest BCUT2D eigenvalue weighted by Crippen LogP contribution is -2.14. The van der Waals surface area contributed by atoms with Crippen molar-refractivity contribution in [2.45, 2.75) is 26.7 Å². The minimum absolute atomic E-state index is 0.0603. The highest BCUT2D eigenvalue weighted by atomic mass is 16.6. The molecule has 0 amide bonds. The highest BCUT2D eigenvalue weighted by molar-refractivity contribution is 5.94. The van der Waals surface area contributed by atoms with Gasteiger partial charge in [0.25, 0.3) is 0 Å². The van der Waals surface area contributed by atoms with Crippen LogP contribution in [0.5, 0.6) is 5.75 Å². The van der Waals surface area contributed by atoms with Gasteiger partial charge < -0.3 is 14.2 Å². The fraction of sp³-hybridized carbons (Fsp3) is 0.261. The van der Waals surface area contributed by atoms with E-state index in [1.54, 1.807) is 12.1 Å². The average Bonchev–Trinajstić information content (AvgIpc) is 3.01. The van der Waals surface area contributed by atoms with Gasteiger partial charge in [-0.3, -0.25) is 4.79 Å². The summed E-state index contributed by atoms with van der Waals surface area (Å²) >= 11 is 0. The first kappa shape index (κ1) is 20.3. The average molecular weight is 394 g/mol. The minimum atomic E-state index is -0.589. The number of rotatable bonds is 6. The number of carbonyl (C=O) groups excluding carboxylic acids is 3. The summed E-state index contributed by atoms with van der Waals surface area (Å²) in [6, 6.07) is 10.5. The van der Waals surface area contributed by atoms with Crippen molar-refractivity contribution in [2.24, 2.45) is 0 Å². The Balaban J connectivity index is 1.74. The Bertz CT molecular complexity index is 1000. The predicted octanol–water partition coefficient (Wildman–Crippen LogP) is 3.63. The minimum Gasteiger partial charge on any atom is -0.459 e. The molecule has 0 saturated carbocycles. The third-order valence-corrected chi connectivity index (χ3v) is 4.77. The largest absolute Gasteiger partial charge is 0.459 e. The molecule has 0 radical (unpaired) electrons. The van der Waals surface area contributed by atoms with Gasteiger partial charge in [-0.15, -0.1) is 0 Å². The van der Waals surface area contributed by atoms with E-state index >= 15 is 0 Å². The van der Waals surface area contributed by atoms with Crippen LogP contribution in [-0.4, -0.2) is 31.1 Å². The SMILES string of the molecule is C=C(C)C(=O)OCCOC(=O)c1ccc2c(c1)C(c1ccc(C)c(C)c1)C(=O)O2. The number of fused-ring (bicyclic) bond motifs is 1. The fourth-order valence-corrected chi connectivity index (χ4v) is 3.02. The smallest absolute Gasteiger partial charge is 0.338 e. The second kappa shape index (κ2) is 8.31. The summed E-state index contributed by atoms with van der Waals surface area (Å²) in [5, 5.41) is 0. The molecule has 1 unspecified atom stereocenters. The maximum absolute atomic E-state index is 12.4. The zero-order valence-corrected chi connectivity index (χ0v) is 16.6. The van der Waals surface area contributed by atoms with Crippen LogP contribution >= 0.6 is 0 Å². The zero-order chi connectivity index (χ0) is 21.1. The van der Waals surface area contributed by atoms with Gasteiger partial charge >= 0.3 is 17.9 Å². The fourth-order valence-electron chi connectivity index (χ4n) is 3.02. The molecule has 1 atom stereocenters. The van der Waals surface area contributed by atoms with Crippen LogP contribution in [0.25, 0.3) is 0 Å². The second-order valence-corrected chi connectivity index (χ2v) is 7.00. The number of ether oxygens (including phenoxy) is 3. The molecule has 1 aliphatic rings. The molecule has 0 aliphatic carbocycles. The number of hydrogen-bond donors (Lipinski definition) is 0. The van der Waals surface area contributed by atoms with Gasteiger partial charge in [0.1, 0.15) is 24.9 Å². The molecule has 6 nitrogen and oxygen atoms in total. The Morgan fingerprint density at radius 3 is 2.45 bits per heavy atom. The number of benzene rings is 2. The summed E-state index contributed by atoms with van der Waals surface area (Å²) in [5.41, 5.74) is 4.21. The first-order chi connectivity index (χ1) is 13.8. The molecule has 2 aromatic rings. The molecular weight excluding hydrogens is 372 g/mol. The van der Waals surface area contributed by atoms with E-state index in [-0.39, 0.29) is 24.8 Å². The van der Waals surface area contributed by atoms with Crippen LogP contribution in [0.4, 0.5) is 0 Å². The third kappa shape index (κ3) is 4.37. The predicted molar refractivity (Wildman–Crippen MR) is 106 cm³/mol. The summed E-state index contributed by atoms with van der Waals surface area (Å²) in [6.07, 6.45) is 0. The lowest BCUT2D eigenvalue weighted by molar-refractivity contribution is -0.140. The van der Waals surface area contributed by atoms with Gasteiger partial charge in [-0.2, -0.15) is 0 Å². The topological polar surface area (TPSA) is 78.9 Å². The highest BCUT2D eigenvalue weighted by Crippen LogP contribution is 2.40. The molecule has 0 saturated heterocycles. The molecule has 29 heavy (non-hydrogen) atoms. The van der Waals surface area contributed by atoms with Crippen molar-refractivity contribution in [3.05, 3.63) is 76.4 Å². The van der Waals surface area contributed by atoms with Gasteiger partial charge in [0.15, 0.2) is 0 Å². The van der Waals surface area contributed by atoms with Crippen molar-refractivity contribution in [3.63, 3.8) is 0 Å². The summed E-state index contributed by atoms with van der Waals surface area (Å²) in [6.45, 7) is 8.86. The summed E-state index contributed by atoms with van der Waals surface area (Å²) < 4.78 is 15.4. The van der Waals surface area contributed by atoms with Crippen LogP contribution in [0.1, 0.15) is 45.5 Å².